The maximum Gasteiger partial charge on any atom is 0.319 e. The Morgan fingerprint density at radius 1 is 1.12 bits per heavy atom. The van der Waals surface area contributed by atoms with Gasteiger partial charge in [-0.25, -0.2) is 0 Å². The number of hydrogen-bond acceptors (Lipinski definition) is 5. The first kappa shape index (κ1) is 23.9. The molecule has 0 unspecified atom stereocenters. The Morgan fingerprint density at radius 2 is 1.84 bits per heavy atom. The lowest BCUT2D eigenvalue weighted by Crippen LogP contribution is -2.47. The first-order chi connectivity index (χ1) is 15.5. The van der Waals surface area contributed by atoms with Crippen LogP contribution in [-0.4, -0.2) is 30.4 Å². The Hall–Kier alpha value is -2.80. The molecule has 0 spiro atoms. The highest BCUT2D eigenvalue weighted by Crippen LogP contribution is 2.32. The van der Waals surface area contributed by atoms with Gasteiger partial charge in [0.25, 0.3) is 5.91 Å². The Labute approximate surface area is 194 Å². The minimum Gasteiger partial charge on any atom is -0.452 e. The van der Waals surface area contributed by atoms with Crippen molar-refractivity contribution in [2.24, 2.45) is 5.92 Å². The van der Waals surface area contributed by atoms with Crippen molar-refractivity contribution < 1.29 is 19.1 Å². The van der Waals surface area contributed by atoms with Crippen molar-refractivity contribution >= 4 is 36.1 Å². The van der Waals surface area contributed by atoms with Crippen molar-refractivity contribution in [2.75, 3.05) is 11.9 Å². The van der Waals surface area contributed by atoms with E-state index in [-0.39, 0.29) is 11.8 Å². The summed E-state index contributed by atoms with van der Waals surface area (Å²) < 4.78 is 5.70. The molecule has 0 radical (unpaired) electrons. The van der Waals surface area contributed by atoms with Crippen molar-refractivity contribution in [2.45, 2.75) is 55.9 Å². The van der Waals surface area contributed by atoms with E-state index in [1.54, 1.807) is 18.2 Å². The molecule has 1 heterocycles. The van der Waals surface area contributed by atoms with Gasteiger partial charge < -0.3 is 15.4 Å². The number of unbranched alkanes of at least 4 members (excludes halogenated alkanes) is 2. The molecule has 2 amide bonds. The topological polar surface area (TPSA) is 84.5 Å². The number of nitrogens with one attached hydrogen (secondary N) is 2. The number of hydrogen-bond donors (Lipinski definition) is 3. The summed E-state index contributed by atoms with van der Waals surface area (Å²) >= 11 is 4.37. The summed E-state index contributed by atoms with van der Waals surface area (Å²) in [5.41, 5.74) is 1.47. The number of thiol groups is 1. The third-order valence-corrected chi connectivity index (χ3v) is 6.09. The van der Waals surface area contributed by atoms with Gasteiger partial charge in [-0.1, -0.05) is 62.2 Å². The van der Waals surface area contributed by atoms with E-state index in [0.717, 1.165) is 24.8 Å². The maximum atomic E-state index is 13.2. The van der Waals surface area contributed by atoms with E-state index in [1.807, 2.05) is 36.4 Å². The van der Waals surface area contributed by atoms with Crippen LogP contribution in [0.3, 0.4) is 0 Å². The number of amides is 2. The van der Waals surface area contributed by atoms with Crippen LogP contribution in [0.1, 0.15) is 50.5 Å². The number of esters is 1. The summed E-state index contributed by atoms with van der Waals surface area (Å²) in [5, 5.41) is 5.57. The molecule has 2 N–H and O–H groups in total. The van der Waals surface area contributed by atoms with Gasteiger partial charge in [0.2, 0.25) is 5.91 Å². The highest BCUT2D eigenvalue weighted by atomic mass is 32.1. The zero-order valence-corrected chi connectivity index (χ0v) is 19.1. The van der Waals surface area contributed by atoms with Crippen molar-refractivity contribution in [1.29, 1.82) is 0 Å². The van der Waals surface area contributed by atoms with Gasteiger partial charge in [-0.3, -0.25) is 14.4 Å². The van der Waals surface area contributed by atoms with Crippen LogP contribution in [0.15, 0.2) is 59.5 Å². The second kappa shape index (κ2) is 11.7. The summed E-state index contributed by atoms with van der Waals surface area (Å²) in [6.07, 6.45) is 2.68. The van der Waals surface area contributed by atoms with Gasteiger partial charge in [-0.05, 0) is 37.0 Å². The van der Waals surface area contributed by atoms with Gasteiger partial charge in [0.15, 0.2) is 6.10 Å². The van der Waals surface area contributed by atoms with E-state index in [2.05, 4.69) is 30.2 Å². The Kier molecular flexibility index (Phi) is 8.73. The number of anilines is 1. The molecule has 3 rings (SSSR count). The van der Waals surface area contributed by atoms with E-state index >= 15 is 0 Å². The van der Waals surface area contributed by atoms with E-state index in [0.29, 0.717) is 30.0 Å². The predicted molar refractivity (Wildman–Crippen MR) is 127 cm³/mol. The molecule has 170 valence electrons. The van der Waals surface area contributed by atoms with Crippen LogP contribution in [-0.2, 0) is 19.1 Å². The number of carbonyl (C=O) groups excluding carboxylic acids is 3. The SMILES string of the molecule is CCCCC[C@H](OC(=O)[C@@H]1C(=O)NCC[C@@H]1c1ccccc1)C(=O)Nc1ccccc1S. The van der Waals surface area contributed by atoms with Crippen LogP contribution in [0.2, 0.25) is 0 Å². The van der Waals surface area contributed by atoms with Crippen LogP contribution >= 0.6 is 12.6 Å². The van der Waals surface area contributed by atoms with Crippen molar-refractivity contribution in [3.05, 3.63) is 60.2 Å². The summed E-state index contributed by atoms with van der Waals surface area (Å²) in [5.74, 6) is -2.70. The van der Waals surface area contributed by atoms with Crippen LogP contribution in [0.5, 0.6) is 0 Å². The van der Waals surface area contributed by atoms with Crippen molar-refractivity contribution in [3.63, 3.8) is 0 Å². The van der Waals surface area contributed by atoms with Gasteiger partial charge in [0.1, 0.15) is 5.92 Å². The number of ether oxygens (including phenoxy) is 1. The molecule has 2 aromatic carbocycles. The average molecular weight is 455 g/mol. The quantitative estimate of drug-likeness (QED) is 0.228. The van der Waals surface area contributed by atoms with E-state index < -0.39 is 23.9 Å². The van der Waals surface area contributed by atoms with Crippen molar-refractivity contribution in [3.8, 4) is 0 Å². The molecule has 0 aromatic heterocycles. The van der Waals surface area contributed by atoms with E-state index in [4.69, 9.17) is 4.74 Å². The molecule has 1 aliphatic rings. The number of rotatable bonds is 9. The second-order valence-corrected chi connectivity index (χ2v) is 8.48. The summed E-state index contributed by atoms with van der Waals surface area (Å²) in [6.45, 7) is 2.57. The monoisotopic (exact) mass is 454 g/mol. The van der Waals surface area contributed by atoms with Crippen molar-refractivity contribution in [1.82, 2.24) is 5.32 Å². The molecule has 1 saturated heterocycles. The first-order valence-corrected chi connectivity index (χ1v) is 11.6. The van der Waals surface area contributed by atoms with E-state index in [9.17, 15) is 14.4 Å². The van der Waals surface area contributed by atoms with Crippen LogP contribution < -0.4 is 10.6 Å². The standard InChI is InChI=1S/C25H30N2O4S/c1-2-3-5-13-20(23(28)27-19-12-8-9-14-21(19)32)31-25(30)22-18(15-16-26-24(22)29)17-10-6-4-7-11-17/h4,6-12,14,18,20,22,32H,2-3,5,13,15-16H2,1H3,(H,26,29)(H,27,28)/t18-,20+,22+/m1/s1. The lowest BCUT2D eigenvalue weighted by atomic mass is 9.80. The van der Waals surface area contributed by atoms with Crippen LogP contribution in [0, 0.1) is 5.92 Å². The molecule has 7 heteroatoms. The lowest BCUT2D eigenvalue weighted by molar-refractivity contribution is -0.163. The largest absolute Gasteiger partial charge is 0.452 e. The highest BCUT2D eigenvalue weighted by molar-refractivity contribution is 7.80. The molecule has 32 heavy (non-hydrogen) atoms. The Bertz CT molecular complexity index is 935. The Morgan fingerprint density at radius 3 is 2.56 bits per heavy atom. The van der Waals surface area contributed by atoms with E-state index in [1.165, 1.54) is 0 Å². The third kappa shape index (κ3) is 6.13. The fraction of sp³-hybridized carbons (Fsp3) is 0.400. The van der Waals surface area contributed by atoms with Gasteiger partial charge in [-0.15, -0.1) is 12.6 Å². The smallest absolute Gasteiger partial charge is 0.319 e. The Balaban J connectivity index is 1.77. The zero-order valence-electron chi connectivity index (χ0n) is 18.3. The number of benzene rings is 2. The summed E-state index contributed by atoms with van der Waals surface area (Å²) in [4.78, 5) is 39.4. The molecule has 1 aliphatic heterocycles. The molecule has 0 saturated carbocycles. The molecule has 1 fully saturated rings. The summed E-state index contributed by atoms with van der Waals surface area (Å²) in [7, 11) is 0. The average Bonchev–Trinajstić information content (AvgIpc) is 2.80. The number of carbonyl (C=O) groups is 3. The van der Waals surface area contributed by atoms with Crippen LogP contribution in [0.25, 0.3) is 0 Å². The second-order valence-electron chi connectivity index (χ2n) is 8.00. The molecular weight excluding hydrogens is 424 g/mol. The molecule has 3 atom stereocenters. The molecule has 6 nitrogen and oxygen atoms in total. The molecule has 2 aromatic rings. The van der Waals surface area contributed by atoms with Gasteiger partial charge in [0, 0.05) is 17.4 Å². The minimum absolute atomic E-state index is 0.282. The maximum absolute atomic E-state index is 13.2. The highest BCUT2D eigenvalue weighted by Gasteiger charge is 2.41. The number of para-hydroxylation sites is 1. The minimum atomic E-state index is -0.982. The number of piperidine rings is 1. The molecule has 0 bridgehead atoms. The first-order valence-electron chi connectivity index (χ1n) is 11.1. The van der Waals surface area contributed by atoms with Crippen LogP contribution in [0.4, 0.5) is 5.69 Å². The van der Waals surface area contributed by atoms with Gasteiger partial charge >= 0.3 is 5.97 Å². The zero-order chi connectivity index (χ0) is 22.9. The van der Waals surface area contributed by atoms with Gasteiger partial charge in [-0.2, -0.15) is 0 Å². The fourth-order valence-corrected chi connectivity index (χ4v) is 4.19. The molecule has 0 aliphatic carbocycles. The van der Waals surface area contributed by atoms with Gasteiger partial charge in [0.05, 0.1) is 5.69 Å². The lowest BCUT2D eigenvalue weighted by Gasteiger charge is -2.31. The fourth-order valence-electron chi connectivity index (χ4n) is 3.97. The normalized spacial score (nSPS) is 19.0. The molecular formula is C25H30N2O4S. The summed E-state index contributed by atoms with van der Waals surface area (Å²) in [6, 6.07) is 16.6. The predicted octanol–water partition coefficient (Wildman–Crippen LogP) is 4.33. The third-order valence-electron chi connectivity index (χ3n) is 5.70.